The lowest BCUT2D eigenvalue weighted by Crippen LogP contribution is -2.53. The molecule has 0 bridgehead atoms. The summed E-state index contributed by atoms with van der Waals surface area (Å²) in [7, 11) is 0. The maximum Gasteiger partial charge on any atom is 0.111 e. The Morgan fingerprint density at radius 2 is 0.750 bits per heavy atom. The first kappa shape index (κ1) is 15.7. The second kappa shape index (κ2) is 7.09. The van der Waals surface area contributed by atoms with Gasteiger partial charge in [0.1, 0.15) is 36.6 Å². The Balaban J connectivity index is 4.41. The minimum absolute atomic E-state index is 0.844. The Morgan fingerprint density at radius 1 is 0.500 bits per heavy atom. The van der Waals surface area contributed by atoms with Crippen LogP contribution in [0, 0.1) is 0 Å². The third-order valence-corrected chi connectivity index (χ3v) is 2.21. The molecule has 0 amide bonds. The number of rotatable bonds is 7. The van der Waals surface area contributed by atoms with Crippen molar-refractivity contribution in [3.63, 3.8) is 0 Å². The lowest BCUT2D eigenvalue weighted by atomic mass is 9.97. The van der Waals surface area contributed by atoms with Crippen LogP contribution in [0.15, 0.2) is 0 Å². The van der Waals surface area contributed by atoms with Crippen LogP contribution in [-0.4, -0.2) is 90.7 Å². The van der Waals surface area contributed by atoms with Crippen LogP contribution in [0.3, 0.4) is 0 Å². The summed E-state index contributed by atoms with van der Waals surface area (Å²) in [6, 6.07) is 0. The summed E-state index contributed by atoms with van der Waals surface area (Å²) in [5.41, 5.74) is 0. The molecule has 0 saturated carbocycles. The molecule has 0 saturated heterocycles. The first-order valence-electron chi connectivity index (χ1n) is 4.66. The van der Waals surface area contributed by atoms with Crippen molar-refractivity contribution in [1.29, 1.82) is 0 Å². The van der Waals surface area contributed by atoms with E-state index in [2.05, 4.69) is 0 Å². The summed E-state index contributed by atoms with van der Waals surface area (Å²) in [4.78, 5) is 0. The molecule has 0 spiro atoms. The molecule has 8 nitrogen and oxygen atoms in total. The summed E-state index contributed by atoms with van der Waals surface area (Å²) < 4.78 is 0. The summed E-state index contributed by atoms with van der Waals surface area (Å²) in [5, 5.41) is 71.8. The maximum absolute atomic E-state index is 9.28. The molecule has 16 heavy (non-hydrogen) atoms. The van der Waals surface area contributed by atoms with Gasteiger partial charge in [-0.05, 0) is 0 Å². The fourth-order valence-electron chi connectivity index (χ4n) is 1.08. The molecule has 6 atom stereocenters. The largest absolute Gasteiger partial charge is 0.394 e. The first-order chi connectivity index (χ1) is 7.36. The number of aliphatic hydroxyl groups excluding tert-OH is 8. The highest BCUT2D eigenvalue weighted by molar-refractivity contribution is 4.87. The second-order valence-corrected chi connectivity index (χ2v) is 3.46. The zero-order valence-electron chi connectivity index (χ0n) is 8.46. The van der Waals surface area contributed by atoms with Crippen molar-refractivity contribution in [2.75, 3.05) is 13.2 Å². The normalized spacial score (nSPS) is 23.2. The highest BCUT2D eigenvalue weighted by Gasteiger charge is 2.36. The van der Waals surface area contributed by atoms with Gasteiger partial charge in [0.25, 0.3) is 0 Å². The smallest absolute Gasteiger partial charge is 0.111 e. The molecule has 8 heteroatoms. The van der Waals surface area contributed by atoms with E-state index in [1.54, 1.807) is 0 Å². The lowest BCUT2D eigenvalue weighted by Gasteiger charge is -2.29. The average molecular weight is 242 g/mol. The fourth-order valence-corrected chi connectivity index (χ4v) is 1.08. The van der Waals surface area contributed by atoms with Crippen LogP contribution >= 0.6 is 0 Å². The molecule has 0 rings (SSSR count). The Labute approximate surface area is 91.6 Å². The van der Waals surface area contributed by atoms with Gasteiger partial charge in [-0.1, -0.05) is 0 Å². The van der Waals surface area contributed by atoms with Gasteiger partial charge in [0.2, 0.25) is 0 Å². The number of aliphatic hydroxyl groups is 8. The quantitative estimate of drug-likeness (QED) is 0.220. The van der Waals surface area contributed by atoms with E-state index >= 15 is 0 Å². The van der Waals surface area contributed by atoms with E-state index in [1.807, 2.05) is 0 Å². The zero-order chi connectivity index (χ0) is 12.9. The topological polar surface area (TPSA) is 162 Å². The molecule has 0 aromatic carbocycles. The second-order valence-electron chi connectivity index (χ2n) is 3.46. The molecule has 0 aliphatic rings. The number of hydrogen-bond acceptors (Lipinski definition) is 8. The maximum atomic E-state index is 9.28. The van der Waals surface area contributed by atoms with E-state index < -0.39 is 49.8 Å². The van der Waals surface area contributed by atoms with Crippen molar-refractivity contribution >= 4 is 0 Å². The van der Waals surface area contributed by atoms with E-state index in [0.29, 0.717) is 0 Å². The van der Waals surface area contributed by atoms with Crippen LogP contribution in [-0.2, 0) is 0 Å². The Morgan fingerprint density at radius 3 is 0.938 bits per heavy atom. The molecule has 0 aromatic heterocycles. The molecule has 0 heterocycles. The van der Waals surface area contributed by atoms with Crippen molar-refractivity contribution in [2.24, 2.45) is 0 Å². The van der Waals surface area contributed by atoms with Gasteiger partial charge >= 0.3 is 0 Å². The fraction of sp³-hybridized carbons (Fsp3) is 1.00. The van der Waals surface area contributed by atoms with Crippen LogP contribution in [0.4, 0.5) is 0 Å². The summed E-state index contributed by atoms with van der Waals surface area (Å²) in [6.45, 7) is -1.69. The highest BCUT2D eigenvalue weighted by atomic mass is 16.4. The predicted octanol–water partition coefficient (Wildman–Crippen LogP) is -4.86. The molecule has 0 aromatic rings. The molecule has 0 aliphatic carbocycles. The van der Waals surface area contributed by atoms with Crippen molar-refractivity contribution in [2.45, 2.75) is 36.6 Å². The van der Waals surface area contributed by atoms with Crippen LogP contribution in [0.2, 0.25) is 0 Å². The standard InChI is InChI=1S/C8H18O8/c9-1-3(11)5(13)7(15)8(16)6(14)4(12)2-10/h3-16H,1-2H2/t3-,4-,5-,6+,7-,8-/m0/s1. The first-order valence-corrected chi connectivity index (χ1v) is 4.66. The molecule has 0 aliphatic heterocycles. The van der Waals surface area contributed by atoms with Crippen molar-refractivity contribution in [3.05, 3.63) is 0 Å². The summed E-state index contributed by atoms with van der Waals surface area (Å²) in [5.74, 6) is 0. The Hall–Kier alpha value is -0.320. The van der Waals surface area contributed by atoms with Crippen LogP contribution in [0.25, 0.3) is 0 Å². The lowest BCUT2D eigenvalue weighted by molar-refractivity contribution is -0.161. The minimum atomic E-state index is -1.97. The van der Waals surface area contributed by atoms with E-state index in [0.717, 1.165) is 0 Å². The Bertz CT molecular complexity index is 169. The van der Waals surface area contributed by atoms with Crippen molar-refractivity contribution < 1.29 is 40.9 Å². The van der Waals surface area contributed by atoms with E-state index in [9.17, 15) is 20.4 Å². The van der Waals surface area contributed by atoms with Gasteiger partial charge in [-0.25, -0.2) is 0 Å². The van der Waals surface area contributed by atoms with Crippen molar-refractivity contribution in [3.8, 4) is 0 Å². The van der Waals surface area contributed by atoms with Gasteiger partial charge in [0, 0.05) is 0 Å². The molecule has 0 unspecified atom stereocenters. The van der Waals surface area contributed by atoms with Gasteiger partial charge in [0.15, 0.2) is 0 Å². The SMILES string of the molecule is OC[C@H](O)[C@H](O)[C@H](O)[C@@H](O)[C@H](O)[C@@H](O)CO. The van der Waals surface area contributed by atoms with Gasteiger partial charge in [-0.2, -0.15) is 0 Å². The molecular formula is C8H18O8. The molecule has 0 radical (unpaired) electrons. The van der Waals surface area contributed by atoms with E-state index in [4.69, 9.17) is 20.4 Å². The predicted molar refractivity (Wildman–Crippen MR) is 50.2 cm³/mol. The van der Waals surface area contributed by atoms with Crippen LogP contribution in [0.1, 0.15) is 0 Å². The van der Waals surface area contributed by atoms with Gasteiger partial charge in [-0.3, -0.25) is 0 Å². The summed E-state index contributed by atoms with van der Waals surface area (Å²) >= 11 is 0. The van der Waals surface area contributed by atoms with Gasteiger partial charge < -0.3 is 40.9 Å². The summed E-state index contributed by atoms with van der Waals surface area (Å²) in [6.07, 6.45) is -11.1. The van der Waals surface area contributed by atoms with Gasteiger partial charge in [-0.15, -0.1) is 0 Å². The van der Waals surface area contributed by atoms with Crippen LogP contribution in [0.5, 0.6) is 0 Å². The monoisotopic (exact) mass is 242 g/mol. The highest BCUT2D eigenvalue weighted by Crippen LogP contribution is 2.10. The van der Waals surface area contributed by atoms with Gasteiger partial charge in [0.05, 0.1) is 13.2 Å². The average Bonchev–Trinajstić information content (AvgIpc) is 2.32. The van der Waals surface area contributed by atoms with E-state index in [1.165, 1.54) is 0 Å². The minimum Gasteiger partial charge on any atom is -0.394 e. The van der Waals surface area contributed by atoms with E-state index in [-0.39, 0.29) is 0 Å². The third-order valence-electron chi connectivity index (χ3n) is 2.21. The molecule has 98 valence electrons. The number of hydrogen-bond donors (Lipinski definition) is 8. The third kappa shape index (κ3) is 3.92. The molecular weight excluding hydrogens is 224 g/mol. The Kier molecular flexibility index (Phi) is 6.95. The molecule has 8 N–H and O–H groups in total. The van der Waals surface area contributed by atoms with Crippen LogP contribution < -0.4 is 0 Å². The van der Waals surface area contributed by atoms with Crippen molar-refractivity contribution in [1.82, 2.24) is 0 Å². The zero-order valence-corrected chi connectivity index (χ0v) is 8.46. The molecule has 0 fully saturated rings.